The predicted octanol–water partition coefficient (Wildman–Crippen LogP) is 2.91. The predicted molar refractivity (Wildman–Crippen MR) is 71.6 cm³/mol. The lowest BCUT2D eigenvalue weighted by molar-refractivity contribution is -0.274. The van der Waals surface area contributed by atoms with Crippen LogP contribution in [-0.4, -0.2) is 36.1 Å². The fourth-order valence-corrected chi connectivity index (χ4v) is 1.87. The van der Waals surface area contributed by atoms with Gasteiger partial charge in [-0.15, -0.1) is 13.2 Å². The molecule has 8 heteroatoms. The van der Waals surface area contributed by atoms with Crippen LogP contribution >= 0.6 is 0 Å². The Kier molecular flexibility index (Phi) is 4.81. The van der Waals surface area contributed by atoms with E-state index in [4.69, 9.17) is 4.74 Å². The monoisotopic (exact) mass is 314 g/mol. The fourth-order valence-electron chi connectivity index (χ4n) is 1.87. The lowest BCUT2D eigenvalue weighted by atomic mass is 10.1. The van der Waals surface area contributed by atoms with Gasteiger partial charge in [-0.3, -0.25) is 9.48 Å². The summed E-state index contributed by atoms with van der Waals surface area (Å²) >= 11 is 0. The van der Waals surface area contributed by atoms with Crippen molar-refractivity contribution in [1.29, 1.82) is 0 Å². The van der Waals surface area contributed by atoms with Gasteiger partial charge < -0.3 is 9.47 Å². The Morgan fingerprint density at radius 3 is 2.77 bits per heavy atom. The molecule has 2 aromatic rings. The van der Waals surface area contributed by atoms with E-state index in [1.54, 1.807) is 6.20 Å². The molecule has 0 fully saturated rings. The van der Waals surface area contributed by atoms with Crippen molar-refractivity contribution in [2.45, 2.75) is 12.9 Å². The van der Waals surface area contributed by atoms with Crippen molar-refractivity contribution in [2.24, 2.45) is 0 Å². The summed E-state index contributed by atoms with van der Waals surface area (Å²) in [5.41, 5.74) is 0.804. The van der Waals surface area contributed by atoms with Crippen LogP contribution < -0.4 is 4.74 Å². The Labute approximate surface area is 124 Å². The Morgan fingerprint density at radius 2 is 2.14 bits per heavy atom. The molecule has 2 rings (SSSR count). The first-order chi connectivity index (χ1) is 10.4. The molecular formula is C14H13F3N2O3. The number of halogens is 3. The van der Waals surface area contributed by atoms with Gasteiger partial charge in [-0.2, -0.15) is 5.10 Å². The third-order valence-electron chi connectivity index (χ3n) is 2.83. The van der Waals surface area contributed by atoms with E-state index >= 15 is 0 Å². The second-order valence-electron chi connectivity index (χ2n) is 4.41. The maximum absolute atomic E-state index is 12.5. The lowest BCUT2D eigenvalue weighted by Gasteiger charge is -2.12. The SMILES string of the molecule is COCCn1cc(-c2cc(C=O)ccc2OC(F)(F)F)cn1. The minimum atomic E-state index is -4.82. The molecule has 22 heavy (non-hydrogen) atoms. The van der Waals surface area contributed by atoms with E-state index in [1.165, 1.54) is 30.1 Å². The number of carbonyl (C=O) groups excluding carboxylic acids is 1. The van der Waals surface area contributed by atoms with E-state index in [9.17, 15) is 18.0 Å². The minimum Gasteiger partial charge on any atom is -0.405 e. The van der Waals surface area contributed by atoms with E-state index in [0.29, 0.717) is 25.0 Å². The number of aromatic nitrogens is 2. The molecule has 0 N–H and O–H groups in total. The molecule has 118 valence electrons. The summed E-state index contributed by atoms with van der Waals surface area (Å²) in [6.07, 6.45) is -1.30. The number of hydrogen-bond acceptors (Lipinski definition) is 4. The van der Waals surface area contributed by atoms with Crippen LogP contribution in [0.5, 0.6) is 5.75 Å². The van der Waals surface area contributed by atoms with Gasteiger partial charge in [0.2, 0.25) is 0 Å². The van der Waals surface area contributed by atoms with Gasteiger partial charge in [-0.1, -0.05) is 0 Å². The first kappa shape index (κ1) is 16.0. The van der Waals surface area contributed by atoms with Crippen LogP contribution in [-0.2, 0) is 11.3 Å². The van der Waals surface area contributed by atoms with E-state index in [0.717, 1.165) is 6.07 Å². The Bertz CT molecular complexity index is 653. The molecule has 0 aliphatic carbocycles. The quantitative estimate of drug-likeness (QED) is 0.769. The third-order valence-corrected chi connectivity index (χ3v) is 2.83. The molecule has 1 aromatic carbocycles. The van der Waals surface area contributed by atoms with Crippen molar-refractivity contribution < 1.29 is 27.4 Å². The second-order valence-corrected chi connectivity index (χ2v) is 4.41. The molecule has 0 unspecified atom stereocenters. The van der Waals surface area contributed by atoms with Crippen LogP contribution in [0.1, 0.15) is 10.4 Å². The van der Waals surface area contributed by atoms with Gasteiger partial charge in [0.15, 0.2) is 0 Å². The molecule has 0 saturated heterocycles. The van der Waals surface area contributed by atoms with Gasteiger partial charge in [-0.25, -0.2) is 0 Å². The Hall–Kier alpha value is -2.35. The summed E-state index contributed by atoms with van der Waals surface area (Å²) in [4.78, 5) is 10.8. The van der Waals surface area contributed by atoms with Gasteiger partial charge in [0.05, 0.1) is 19.3 Å². The lowest BCUT2D eigenvalue weighted by Crippen LogP contribution is -2.17. The first-order valence-corrected chi connectivity index (χ1v) is 6.29. The smallest absolute Gasteiger partial charge is 0.405 e. The summed E-state index contributed by atoms with van der Waals surface area (Å²) in [5, 5.41) is 4.03. The molecular weight excluding hydrogens is 301 g/mol. The topological polar surface area (TPSA) is 53.4 Å². The highest BCUT2D eigenvalue weighted by Crippen LogP contribution is 2.34. The maximum Gasteiger partial charge on any atom is 0.573 e. The number of nitrogens with zero attached hydrogens (tertiary/aromatic N) is 2. The Balaban J connectivity index is 2.38. The van der Waals surface area contributed by atoms with Crippen molar-refractivity contribution in [3.8, 4) is 16.9 Å². The second kappa shape index (κ2) is 6.61. The van der Waals surface area contributed by atoms with Crippen LogP contribution in [0.25, 0.3) is 11.1 Å². The normalized spacial score (nSPS) is 11.5. The van der Waals surface area contributed by atoms with Crippen LogP contribution in [0.4, 0.5) is 13.2 Å². The molecule has 0 radical (unpaired) electrons. The fraction of sp³-hybridized carbons (Fsp3) is 0.286. The van der Waals surface area contributed by atoms with Crippen molar-refractivity contribution in [2.75, 3.05) is 13.7 Å². The number of alkyl halides is 3. The molecule has 0 aliphatic heterocycles. The van der Waals surface area contributed by atoms with Gasteiger partial charge in [0, 0.05) is 30.0 Å². The van der Waals surface area contributed by atoms with Crippen molar-refractivity contribution >= 4 is 6.29 Å². The first-order valence-electron chi connectivity index (χ1n) is 6.29. The highest BCUT2D eigenvalue weighted by atomic mass is 19.4. The molecule has 1 aromatic heterocycles. The summed E-state index contributed by atoms with van der Waals surface area (Å²) < 4.78 is 47.8. The number of rotatable bonds is 6. The zero-order valence-corrected chi connectivity index (χ0v) is 11.6. The number of methoxy groups -OCH3 is 1. The number of benzene rings is 1. The Morgan fingerprint density at radius 1 is 1.36 bits per heavy atom. The third kappa shape index (κ3) is 4.08. The van der Waals surface area contributed by atoms with E-state index in [-0.39, 0.29) is 16.9 Å². The van der Waals surface area contributed by atoms with Crippen LogP contribution in [0.15, 0.2) is 30.6 Å². The zero-order chi connectivity index (χ0) is 16.2. The van der Waals surface area contributed by atoms with Crippen molar-refractivity contribution in [3.63, 3.8) is 0 Å². The molecule has 5 nitrogen and oxygen atoms in total. The van der Waals surface area contributed by atoms with Gasteiger partial charge in [0.1, 0.15) is 12.0 Å². The number of ether oxygens (including phenoxy) is 2. The van der Waals surface area contributed by atoms with Crippen LogP contribution in [0.2, 0.25) is 0 Å². The largest absolute Gasteiger partial charge is 0.573 e. The zero-order valence-electron chi connectivity index (χ0n) is 11.6. The average molecular weight is 314 g/mol. The van der Waals surface area contributed by atoms with Gasteiger partial charge >= 0.3 is 6.36 Å². The molecule has 0 spiro atoms. The van der Waals surface area contributed by atoms with Gasteiger partial charge in [-0.05, 0) is 18.2 Å². The number of hydrogen-bond donors (Lipinski definition) is 0. The van der Waals surface area contributed by atoms with Crippen molar-refractivity contribution in [3.05, 3.63) is 36.2 Å². The van der Waals surface area contributed by atoms with Crippen LogP contribution in [0, 0.1) is 0 Å². The number of carbonyl (C=O) groups is 1. The summed E-state index contributed by atoms with van der Waals surface area (Å²) in [7, 11) is 1.53. The number of aldehydes is 1. The van der Waals surface area contributed by atoms with E-state index < -0.39 is 6.36 Å². The average Bonchev–Trinajstić information content (AvgIpc) is 2.92. The summed E-state index contributed by atoms with van der Waals surface area (Å²) in [6, 6.07) is 3.69. The molecule has 0 aliphatic rings. The standard InChI is InChI=1S/C14H13F3N2O3/c1-21-5-4-19-8-11(7-18-19)12-6-10(9-20)2-3-13(12)22-14(15,16)17/h2-3,6-9H,4-5H2,1H3. The van der Waals surface area contributed by atoms with Crippen molar-refractivity contribution in [1.82, 2.24) is 9.78 Å². The molecule has 0 atom stereocenters. The molecule has 1 heterocycles. The molecule has 0 bridgehead atoms. The summed E-state index contributed by atoms with van der Waals surface area (Å²) in [5.74, 6) is -0.385. The maximum atomic E-state index is 12.5. The highest BCUT2D eigenvalue weighted by Gasteiger charge is 2.32. The van der Waals surface area contributed by atoms with E-state index in [2.05, 4.69) is 9.84 Å². The molecule has 0 amide bonds. The van der Waals surface area contributed by atoms with E-state index in [1.807, 2.05) is 0 Å². The summed E-state index contributed by atoms with van der Waals surface area (Å²) in [6.45, 7) is 0.876. The molecule has 0 saturated carbocycles. The minimum absolute atomic E-state index is 0.144. The van der Waals surface area contributed by atoms with Crippen LogP contribution in [0.3, 0.4) is 0 Å². The highest BCUT2D eigenvalue weighted by molar-refractivity contribution is 5.81. The van der Waals surface area contributed by atoms with Gasteiger partial charge in [0.25, 0.3) is 0 Å².